The number of piperidine rings is 1. The van der Waals surface area contributed by atoms with Crippen LogP contribution in [0.25, 0.3) is 0 Å². The number of thiocarbonyl (C=S) groups is 1. The number of hydrogen-bond acceptors (Lipinski definition) is 3. The Morgan fingerprint density at radius 1 is 1.18 bits per heavy atom. The fourth-order valence-electron chi connectivity index (χ4n) is 2.28. The van der Waals surface area contributed by atoms with E-state index < -0.39 is 0 Å². The number of nitrogens with two attached hydrogens (primary N) is 1. The van der Waals surface area contributed by atoms with E-state index in [1.165, 1.54) is 6.42 Å². The van der Waals surface area contributed by atoms with Gasteiger partial charge in [0, 0.05) is 19.6 Å². The van der Waals surface area contributed by atoms with Crippen LogP contribution < -0.4 is 5.73 Å². The van der Waals surface area contributed by atoms with Gasteiger partial charge in [0.25, 0.3) is 0 Å². The second-order valence-electron chi connectivity index (χ2n) is 4.54. The molecule has 6 heteroatoms. The molecule has 5 nitrogen and oxygen atoms in total. The van der Waals surface area contributed by atoms with Crippen molar-refractivity contribution in [3.63, 3.8) is 0 Å². The first-order valence-electron chi connectivity index (χ1n) is 6.13. The average Bonchev–Trinajstić information content (AvgIpc) is 2.39. The highest BCUT2D eigenvalue weighted by Crippen LogP contribution is 2.14. The quantitative estimate of drug-likeness (QED) is 0.698. The largest absolute Gasteiger partial charge is 0.391 e. The fraction of sp³-hybridized carbons (Fsp3) is 0.818. The first kappa shape index (κ1) is 12.6. The second kappa shape index (κ2) is 5.64. The minimum Gasteiger partial charge on any atom is -0.391 e. The van der Waals surface area contributed by atoms with E-state index in [2.05, 4.69) is 0 Å². The Labute approximate surface area is 107 Å². The predicted molar refractivity (Wildman–Crippen MR) is 68.9 cm³/mol. The number of carbonyl (C=O) groups excluding carboxylic acids is 1. The SMILES string of the molecule is NC(=S)C1CN(C(=O)N2CCCCC2)CCO1. The number of urea groups is 1. The molecule has 2 saturated heterocycles. The molecular formula is C11H19N3O2S. The van der Waals surface area contributed by atoms with E-state index in [0.717, 1.165) is 25.9 Å². The van der Waals surface area contributed by atoms with E-state index in [9.17, 15) is 4.79 Å². The Bertz CT molecular complexity index is 305. The van der Waals surface area contributed by atoms with Crippen molar-refractivity contribution >= 4 is 23.2 Å². The lowest BCUT2D eigenvalue weighted by molar-refractivity contribution is 0.0142. The molecule has 2 N–H and O–H groups in total. The van der Waals surface area contributed by atoms with Gasteiger partial charge in [-0.2, -0.15) is 0 Å². The number of morpholine rings is 1. The summed E-state index contributed by atoms with van der Waals surface area (Å²) in [5.41, 5.74) is 5.56. The lowest BCUT2D eigenvalue weighted by atomic mass is 10.1. The number of carbonyl (C=O) groups is 1. The van der Waals surface area contributed by atoms with E-state index >= 15 is 0 Å². The van der Waals surface area contributed by atoms with Gasteiger partial charge in [0.1, 0.15) is 11.1 Å². The number of hydrogen-bond donors (Lipinski definition) is 1. The Morgan fingerprint density at radius 2 is 1.88 bits per heavy atom. The minimum absolute atomic E-state index is 0.106. The fourth-order valence-corrected chi connectivity index (χ4v) is 2.42. The molecule has 2 fully saturated rings. The van der Waals surface area contributed by atoms with Gasteiger partial charge in [0.05, 0.1) is 13.2 Å². The van der Waals surface area contributed by atoms with Crippen LogP contribution in [0.5, 0.6) is 0 Å². The summed E-state index contributed by atoms with van der Waals surface area (Å²) in [5, 5.41) is 0. The van der Waals surface area contributed by atoms with Crippen LogP contribution in [-0.2, 0) is 4.74 Å². The molecule has 0 radical (unpaired) electrons. The number of likely N-dealkylation sites (tertiary alicyclic amines) is 1. The molecule has 1 atom stereocenters. The zero-order valence-corrected chi connectivity index (χ0v) is 10.7. The van der Waals surface area contributed by atoms with Crippen molar-refractivity contribution in [3.05, 3.63) is 0 Å². The van der Waals surface area contributed by atoms with E-state index in [-0.39, 0.29) is 12.1 Å². The van der Waals surface area contributed by atoms with Gasteiger partial charge in [-0.05, 0) is 19.3 Å². The molecule has 2 heterocycles. The molecule has 0 aromatic rings. The van der Waals surface area contributed by atoms with E-state index in [1.807, 2.05) is 4.90 Å². The zero-order valence-electron chi connectivity index (χ0n) is 9.93. The molecule has 0 bridgehead atoms. The molecule has 0 aromatic heterocycles. The lowest BCUT2D eigenvalue weighted by Gasteiger charge is -2.37. The summed E-state index contributed by atoms with van der Waals surface area (Å²) in [6.07, 6.45) is 3.15. The third-order valence-electron chi connectivity index (χ3n) is 3.28. The van der Waals surface area contributed by atoms with Crippen LogP contribution in [0.2, 0.25) is 0 Å². The number of ether oxygens (including phenoxy) is 1. The van der Waals surface area contributed by atoms with Gasteiger partial charge in [-0.1, -0.05) is 12.2 Å². The van der Waals surface area contributed by atoms with Gasteiger partial charge in [0.15, 0.2) is 0 Å². The van der Waals surface area contributed by atoms with Crippen LogP contribution in [0, 0.1) is 0 Å². The number of rotatable bonds is 1. The van der Waals surface area contributed by atoms with Crippen molar-refractivity contribution in [2.24, 2.45) is 5.73 Å². The maximum atomic E-state index is 12.2. The predicted octanol–water partition coefficient (Wildman–Crippen LogP) is 0.579. The minimum atomic E-state index is -0.285. The first-order valence-corrected chi connectivity index (χ1v) is 6.54. The summed E-state index contributed by atoms with van der Waals surface area (Å²) in [7, 11) is 0. The molecule has 0 spiro atoms. The standard InChI is InChI=1S/C11H19N3O2S/c12-10(17)9-8-14(6-7-16-9)11(15)13-4-2-1-3-5-13/h9H,1-8H2,(H2,12,17). The molecular weight excluding hydrogens is 238 g/mol. The Hall–Kier alpha value is -0.880. The maximum absolute atomic E-state index is 12.2. The third-order valence-corrected chi connectivity index (χ3v) is 3.54. The number of nitrogens with zero attached hydrogens (tertiary/aromatic N) is 2. The van der Waals surface area contributed by atoms with Crippen molar-refractivity contribution in [3.8, 4) is 0 Å². The van der Waals surface area contributed by atoms with Crippen molar-refractivity contribution < 1.29 is 9.53 Å². The Morgan fingerprint density at radius 3 is 2.53 bits per heavy atom. The summed E-state index contributed by atoms with van der Waals surface area (Å²) in [6.45, 7) is 3.38. The highest BCUT2D eigenvalue weighted by atomic mass is 32.1. The van der Waals surface area contributed by atoms with Crippen molar-refractivity contribution in [1.82, 2.24) is 9.80 Å². The second-order valence-corrected chi connectivity index (χ2v) is 5.01. The lowest BCUT2D eigenvalue weighted by Crippen LogP contribution is -2.54. The number of amides is 2. The average molecular weight is 257 g/mol. The summed E-state index contributed by atoms with van der Waals surface area (Å²) in [4.78, 5) is 16.3. The van der Waals surface area contributed by atoms with Crippen molar-refractivity contribution in [2.45, 2.75) is 25.4 Å². The van der Waals surface area contributed by atoms with E-state index in [4.69, 9.17) is 22.7 Å². The summed E-state index contributed by atoms with van der Waals surface area (Å²) < 4.78 is 5.43. The van der Waals surface area contributed by atoms with Gasteiger partial charge in [-0.25, -0.2) is 4.79 Å². The third kappa shape index (κ3) is 3.07. The molecule has 0 aliphatic carbocycles. The molecule has 0 aromatic carbocycles. The van der Waals surface area contributed by atoms with Crippen molar-refractivity contribution in [2.75, 3.05) is 32.8 Å². The van der Waals surface area contributed by atoms with Crippen LogP contribution in [0.1, 0.15) is 19.3 Å². The van der Waals surface area contributed by atoms with Crippen LogP contribution in [0.3, 0.4) is 0 Å². The van der Waals surface area contributed by atoms with E-state index in [0.29, 0.717) is 24.7 Å². The van der Waals surface area contributed by atoms with Crippen LogP contribution in [-0.4, -0.2) is 59.7 Å². The smallest absolute Gasteiger partial charge is 0.320 e. The Balaban J connectivity index is 1.91. The highest BCUT2D eigenvalue weighted by Gasteiger charge is 2.29. The van der Waals surface area contributed by atoms with E-state index in [1.54, 1.807) is 4.90 Å². The molecule has 96 valence electrons. The Kier molecular flexibility index (Phi) is 4.17. The maximum Gasteiger partial charge on any atom is 0.320 e. The molecule has 0 saturated carbocycles. The van der Waals surface area contributed by atoms with Crippen LogP contribution >= 0.6 is 12.2 Å². The van der Waals surface area contributed by atoms with Gasteiger partial charge in [0.2, 0.25) is 0 Å². The van der Waals surface area contributed by atoms with Gasteiger partial charge in [-0.3, -0.25) is 0 Å². The zero-order chi connectivity index (χ0) is 12.3. The van der Waals surface area contributed by atoms with Crippen molar-refractivity contribution in [1.29, 1.82) is 0 Å². The summed E-state index contributed by atoms with van der Waals surface area (Å²) in [5.74, 6) is 0. The van der Waals surface area contributed by atoms with Crippen LogP contribution in [0.15, 0.2) is 0 Å². The summed E-state index contributed by atoms with van der Waals surface area (Å²) in [6, 6.07) is 0.106. The topological polar surface area (TPSA) is 58.8 Å². The summed E-state index contributed by atoms with van der Waals surface area (Å²) >= 11 is 4.91. The molecule has 2 aliphatic heterocycles. The first-order chi connectivity index (χ1) is 8.18. The van der Waals surface area contributed by atoms with Gasteiger partial charge >= 0.3 is 6.03 Å². The highest BCUT2D eigenvalue weighted by molar-refractivity contribution is 7.80. The molecule has 17 heavy (non-hydrogen) atoms. The molecule has 2 rings (SSSR count). The molecule has 2 aliphatic rings. The van der Waals surface area contributed by atoms with Crippen LogP contribution in [0.4, 0.5) is 4.79 Å². The monoisotopic (exact) mass is 257 g/mol. The molecule has 2 amide bonds. The molecule has 1 unspecified atom stereocenters. The van der Waals surface area contributed by atoms with Gasteiger partial charge in [-0.15, -0.1) is 0 Å². The normalized spacial score (nSPS) is 25.8. The van der Waals surface area contributed by atoms with Gasteiger partial charge < -0.3 is 20.3 Å².